The number of ether oxygens (including phenoxy) is 1. The monoisotopic (exact) mass is 348 g/mol. The van der Waals surface area contributed by atoms with Crippen LogP contribution in [0.5, 0.6) is 5.75 Å². The van der Waals surface area contributed by atoms with Crippen LogP contribution in [-0.4, -0.2) is 23.8 Å². The molecule has 0 aliphatic rings. The molecule has 4 N–H and O–H groups in total. The molecule has 1 atom stereocenters. The van der Waals surface area contributed by atoms with E-state index in [4.69, 9.17) is 22.1 Å². The minimum absolute atomic E-state index is 0.158. The number of hydrogen-bond acceptors (Lipinski definition) is 4. The number of carbonyl (C=O) groups is 1. The Kier molecular flexibility index (Phi) is 6.20. The number of amides is 1. The lowest BCUT2D eigenvalue weighted by atomic mass is 10.00. The van der Waals surface area contributed by atoms with Crippen LogP contribution in [0.4, 0.5) is 0 Å². The minimum atomic E-state index is -1.58. The molecule has 2 rings (SSSR count). The quantitative estimate of drug-likeness (QED) is 0.670. The Balaban J connectivity index is 1.93. The highest BCUT2D eigenvalue weighted by Gasteiger charge is 2.24. The van der Waals surface area contributed by atoms with Crippen molar-refractivity contribution in [3.8, 4) is 5.75 Å². The number of benzene rings is 2. The topological polar surface area (TPSA) is 84.6 Å². The number of nitrogens with one attached hydrogen (secondary N) is 1. The number of halogens is 1. The fourth-order valence-electron chi connectivity index (χ4n) is 2.26. The molecular formula is C18H21ClN2O3. The van der Waals surface area contributed by atoms with Crippen molar-refractivity contribution < 1.29 is 14.6 Å². The maximum absolute atomic E-state index is 11.3. The summed E-state index contributed by atoms with van der Waals surface area (Å²) in [4.78, 5) is 11.3. The molecule has 0 spiro atoms. The van der Waals surface area contributed by atoms with Gasteiger partial charge < -0.3 is 20.9 Å². The molecule has 1 unspecified atom stereocenters. The first kappa shape index (κ1) is 18.3. The summed E-state index contributed by atoms with van der Waals surface area (Å²) in [6.07, 6.45) is 0.0134. The Labute approximate surface area is 146 Å². The minimum Gasteiger partial charge on any atom is -0.489 e. The van der Waals surface area contributed by atoms with E-state index in [1.807, 2.05) is 36.4 Å². The van der Waals surface area contributed by atoms with Crippen LogP contribution in [0.1, 0.15) is 17.5 Å². The summed E-state index contributed by atoms with van der Waals surface area (Å²) in [5, 5.41) is 13.2. The maximum Gasteiger partial charge on any atom is 0.224 e. The molecule has 0 heterocycles. The third-order valence-electron chi connectivity index (χ3n) is 3.53. The van der Waals surface area contributed by atoms with Gasteiger partial charge in [0, 0.05) is 24.1 Å². The predicted molar refractivity (Wildman–Crippen MR) is 93.8 cm³/mol. The van der Waals surface area contributed by atoms with E-state index in [-0.39, 0.29) is 18.7 Å². The summed E-state index contributed by atoms with van der Waals surface area (Å²) in [5.74, 6) is 0.380. The Morgan fingerprint density at radius 1 is 1.25 bits per heavy atom. The summed E-state index contributed by atoms with van der Waals surface area (Å²) >= 11 is 6.09. The highest BCUT2D eigenvalue weighted by molar-refractivity contribution is 6.31. The van der Waals surface area contributed by atoms with E-state index in [0.717, 1.165) is 11.1 Å². The third-order valence-corrected chi connectivity index (χ3v) is 3.90. The van der Waals surface area contributed by atoms with Crippen molar-refractivity contribution >= 4 is 17.5 Å². The fraction of sp³-hybridized carbons (Fsp3) is 0.278. The van der Waals surface area contributed by atoms with Crippen molar-refractivity contribution in [2.24, 2.45) is 5.73 Å². The molecule has 2 aromatic rings. The summed E-state index contributed by atoms with van der Waals surface area (Å²) in [6.45, 7) is 0.372. The highest BCUT2D eigenvalue weighted by atomic mass is 35.5. The van der Waals surface area contributed by atoms with Crippen molar-refractivity contribution in [3.05, 3.63) is 64.7 Å². The van der Waals surface area contributed by atoms with Gasteiger partial charge in [-0.05, 0) is 23.8 Å². The first-order valence-electron chi connectivity index (χ1n) is 7.56. The lowest BCUT2D eigenvalue weighted by Crippen LogP contribution is -2.45. The van der Waals surface area contributed by atoms with Crippen LogP contribution in [0, 0.1) is 0 Å². The van der Waals surface area contributed by atoms with Gasteiger partial charge in [0.15, 0.2) is 0 Å². The molecule has 24 heavy (non-hydrogen) atoms. The van der Waals surface area contributed by atoms with Gasteiger partial charge in [-0.2, -0.15) is 0 Å². The standard InChI is InChI=1S/C18H21ClN2O3/c1-21-17(22)11-18(20,23)10-13-6-8-15(9-7-13)24-12-14-4-2-3-5-16(14)19/h2-9,23H,10-12,20H2,1H3,(H,21,22). The fourth-order valence-corrected chi connectivity index (χ4v) is 2.45. The highest BCUT2D eigenvalue weighted by Crippen LogP contribution is 2.20. The van der Waals surface area contributed by atoms with Gasteiger partial charge in [-0.1, -0.05) is 41.9 Å². The summed E-state index contributed by atoms with van der Waals surface area (Å²) in [6, 6.07) is 14.7. The molecule has 0 aliphatic heterocycles. The number of aliphatic hydroxyl groups is 1. The van der Waals surface area contributed by atoms with E-state index in [1.54, 1.807) is 12.1 Å². The van der Waals surface area contributed by atoms with Crippen molar-refractivity contribution in [1.82, 2.24) is 5.32 Å². The second-order valence-electron chi connectivity index (χ2n) is 5.65. The second-order valence-corrected chi connectivity index (χ2v) is 6.06. The van der Waals surface area contributed by atoms with Gasteiger partial charge >= 0.3 is 0 Å². The SMILES string of the molecule is CNC(=O)CC(N)(O)Cc1ccc(OCc2ccccc2Cl)cc1. The van der Waals surface area contributed by atoms with Crippen LogP contribution < -0.4 is 15.8 Å². The second kappa shape index (κ2) is 8.15. The van der Waals surface area contributed by atoms with Gasteiger partial charge in [-0.15, -0.1) is 0 Å². The normalized spacial score (nSPS) is 13.2. The Hall–Kier alpha value is -2.08. The first-order chi connectivity index (χ1) is 11.4. The zero-order valence-electron chi connectivity index (χ0n) is 13.5. The van der Waals surface area contributed by atoms with Crippen molar-refractivity contribution in [2.45, 2.75) is 25.2 Å². The van der Waals surface area contributed by atoms with Crippen LogP contribution in [0.2, 0.25) is 5.02 Å². The van der Waals surface area contributed by atoms with Gasteiger partial charge in [0.2, 0.25) is 5.91 Å². The predicted octanol–water partition coefficient (Wildman–Crippen LogP) is 2.24. The molecule has 1 amide bonds. The Morgan fingerprint density at radius 2 is 1.92 bits per heavy atom. The molecular weight excluding hydrogens is 328 g/mol. The lowest BCUT2D eigenvalue weighted by molar-refractivity contribution is -0.125. The van der Waals surface area contributed by atoms with Crippen LogP contribution in [0.15, 0.2) is 48.5 Å². The van der Waals surface area contributed by atoms with Crippen LogP contribution >= 0.6 is 11.6 Å². The molecule has 0 saturated heterocycles. The number of hydrogen-bond donors (Lipinski definition) is 3. The van der Waals surface area contributed by atoms with Crippen molar-refractivity contribution in [3.63, 3.8) is 0 Å². The van der Waals surface area contributed by atoms with Crippen molar-refractivity contribution in [2.75, 3.05) is 7.05 Å². The molecule has 5 nitrogen and oxygen atoms in total. The molecule has 0 radical (unpaired) electrons. The number of rotatable bonds is 7. The molecule has 2 aromatic carbocycles. The Morgan fingerprint density at radius 3 is 2.54 bits per heavy atom. The van der Waals surface area contributed by atoms with E-state index in [0.29, 0.717) is 17.4 Å². The van der Waals surface area contributed by atoms with Gasteiger partial charge in [-0.25, -0.2) is 0 Å². The average molecular weight is 349 g/mol. The van der Waals surface area contributed by atoms with E-state index in [2.05, 4.69) is 5.32 Å². The van der Waals surface area contributed by atoms with Gasteiger partial charge in [-0.3, -0.25) is 4.79 Å². The largest absolute Gasteiger partial charge is 0.489 e. The molecule has 0 saturated carbocycles. The van der Waals surface area contributed by atoms with E-state index >= 15 is 0 Å². The lowest BCUT2D eigenvalue weighted by Gasteiger charge is -2.22. The summed E-state index contributed by atoms with van der Waals surface area (Å²) in [5.41, 5.74) is 5.90. The summed E-state index contributed by atoms with van der Waals surface area (Å²) in [7, 11) is 1.50. The number of nitrogens with two attached hydrogens (primary N) is 1. The zero-order valence-corrected chi connectivity index (χ0v) is 14.2. The van der Waals surface area contributed by atoms with Crippen LogP contribution in [0.3, 0.4) is 0 Å². The molecule has 0 aromatic heterocycles. The smallest absolute Gasteiger partial charge is 0.224 e. The molecule has 0 fully saturated rings. The Bertz CT molecular complexity index is 687. The van der Waals surface area contributed by atoms with Gasteiger partial charge in [0.05, 0.1) is 6.42 Å². The van der Waals surface area contributed by atoms with E-state index in [1.165, 1.54) is 7.05 Å². The number of carbonyl (C=O) groups excluding carboxylic acids is 1. The molecule has 6 heteroatoms. The van der Waals surface area contributed by atoms with E-state index < -0.39 is 5.72 Å². The van der Waals surface area contributed by atoms with Crippen LogP contribution in [0.25, 0.3) is 0 Å². The molecule has 0 aliphatic carbocycles. The van der Waals surface area contributed by atoms with Crippen molar-refractivity contribution in [1.29, 1.82) is 0 Å². The third kappa shape index (κ3) is 5.53. The summed E-state index contributed by atoms with van der Waals surface area (Å²) < 4.78 is 5.70. The average Bonchev–Trinajstić information content (AvgIpc) is 2.54. The molecule has 128 valence electrons. The first-order valence-corrected chi connectivity index (χ1v) is 7.94. The van der Waals surface area contributed by atoms with Gasteiger partial charge in [0.25, 0.3) is 0 Å². The van der Waals surface area contributed by atoms with Gasteiger partial charge in [0.1, 0.15) is 18.1 Å². The zero-order chi connectivity index (χ0) is 17.6. The molecule has 0 bridgehead atoms. The maximum atomic E-state index is 11.3. The van der Waals surface area contributed by atoms with Crippen LogP contribution in [-0.2, 0) is 17.8 Å². The van der Waals surface area contributed by atoms with E-state index in [9.17, 15) is 9.90 Å².